The van der Waals surface area contributed by atoms with Crippen LogP contribution in [0.25, 0.3) is 0 Å². The highest BCUT2D eigenvalue weighted by Crippen LogP contribution is 2.00. The van der Waals surface area contributed by atoms with E-state index in [1.807, 2.05) is 0 Å². The first-order chi connectivity index (χ1) is 5.66. The Kier molecular flexibility index (Phi) is 8.50. The molecule has 0 aromatic rings. The van der Waals surface area contributed by atoms with Gasteiger partial charge in [0.05, 0.1) is 0 Å². The van der Waals surface area contributed by atoms with E-state index in [2.05, 4.69) is 25.1 Å². The third kappa shape index (κ3) is 8.62. The molecule has 0 aromatic heterocycles. The van der Waals surface area contributed by atoms with Crippen molar-refractivity contribution < 1.29 is 0 Å². The van der Waals surface area contributed by atoms with Gasteiger partial charge < -0.3 is 0 Å². The second-order valence-electron chi connectivity index (χ2n) is 3.34. The summed E-state index contributed by atoms with van der Waals surface area (Å²) in [4.78, 5) is 2.35. The first-order valence-corrected chi connectivity index (χ1v) is 7.38. The fourth-order valence-corrected chi connectivity index (χ4v) is 2.47. The summed E-state index contributed by atoms with van der Waals surface area (Å²) in [5.41, 5.74) is 0. The Morgan fingerprint density at radius 1 is 1.25 bits per heavy atom. The number of hydrogen-bond acceptors (Lipinski definition) is 2. The van der Waals surface area contributed by atoms with Crippen molar-refractivity contribution in [1.29, 1.82) is 0 Å². The summed E-state index contributed by atoms with van der Waals surface area (Å²) in [5.74, 6) is 1.08. The van der Waals surface area contributed by atoms with Crippen LogP contribution in [-0.2, 0) is 20.6 Å². The lowest BCUT2D eigenvalue weighted by Gasteiger charge is -2.15. The molecule has 0 aliphatic carbocycles. The van der Waals surface area contributed by atoms with Gasteiger partial charge in [-0.3, -0.25) is 4.90 Å². The monoisotopic (exact) mass is 207 g/mol. The maximum atomic E-state index is 5.14. The molecule has 0 saturated heterocycles. The molecular formula is C9H21NS2. The highest BCUT2D eigenvalue weighted by molar-refractivity contribution is 8.28. The van der Waals surface area contributed by atoms with Crippen molar-refractivity contribution in [2.24, 2.45) is 0 Å². The minimum atomic E-state index is 0.156. The number of unbranched alkanes of at least 4 members (excludes halogenated alkanes) is 3. The zero-order chi connectivity index (χ0) is 9.40. The van der Waals surface area contributed by atoms with Gasteiger partial charge in [-0.1, -0.05) is 37.4 Å². The largest absolute Gasteiger partial charge is 0.297 e. The van der Waals surface area contributed by atoms with Crippen molar-refractivity contribution in [1.82, 2.24) is 4.90 Å². The van der Waals surface area contributed by atoms with Crippen LogP contribution in [0.1, 0.15) is 32.6 Å². The molecule has 0 aliphatic heterocycles. The van der Waals surface area contributed by atoms with Crippen LogP contribution in [0.3, 0.4) is 0 Å². The minimum absolute atomic E-state index is 0.156. The molecule has 12 heavy (non-hydrogen) atoms. The molecule has 1 unspecified atom stereocenters. The third-order valence-corrected chi connectivity index (χ3v) is 2.92. The minimum Gasteiger partial charge on any atom is -0.297 e. The first-order valence-electron chi connectivity index (χ1n) is 4.65. The molecule has 0 aromatic carbocycles. The van der Waals surface area contributed by atoms with Gasteiger partial charge >= 0.3 is 0 Å². The predicted octanol–water partition coefficient (Wildman–Crippen LogP) is 2.17. The van der Waals surface area contributed by atoms with Crippen molar-refractivity contribution in [2.45, 2.75) is 32.6 Å². The lowest BCUT2D eigenvalue weighted by Crippen LogP contribution is -2.23. The predicted molar refractivity (Wildman–Crippen MR) is 62.3 cm³/mol. The summed E-state index contributed by atoms with van der Waals surface area (Å²) < 4.78 is 0. The molecule has 0 fully saturated rings. The fourth-order valence-electron chi connectivity index (χ4n) is 1.18. The molecule has 0 heterocycles. The average Bonchev–Trinajstić information content (AvgIpc) is 1.97. The van der Waals surface area contributed by atoms with Crippen LogP contribution in [0.15, 0.2) is 0 Å². The molecular weight excluding hydrogens is 186 g/mol. The van der Waals surface area contributed by atoms with E-state index in [0.29, 0.717) is 0 Å². The quantitative estimate of drug-likeness (QED) is 0.589. The number of hydrogen-bond donors (Lipinski definition) is 0. The smallest absolute Gasteiger partial charge is 0.0484 e. The second kappa shape index (κ2) is 8.14. The van der Waals surface area contributed by atoms with Gasteiger partial charge in [-0.25, -0.2) is 0 Å². The molecule has 1 atom stereocenters. The van der Waals surface area contributed by atoms with Crippen LogP contribution in [0.2, 0.25) is 0 Å². The van der Waals surface area contributed by atoms with E-state index in [9.17, 15) is 0 Å². The molecule has 74 valence electrons. The van der Waals surface area contributed by atoms with Crippen LogP contribution < -0.4 is 0 Å². The Labute approximate surface area is 84.1 Å². The van der Waals surface area contributed by atoms with Crippen molar-refractivity contribution in [2.75, 3.05) is 25.7 Å². The van der Waals surface area contributed by atoms with Gasteiger partial charge in [0.2, 0.25) is 0 Å². The Hall–Kier alpha value is 0.530. The van der Waals surface area contributed by atoms with E-state index in [4.69, 9.17) is 11.2 Å². The normalized spacial score (nSPS) is 13.7. The molecule has 0 bridgehead atoms. The Bertz CT molecular complexity index is 126. The molecule has 1 nitrogen and oxygen atoms in total. The van der Waals surface area contributed by atoms with Gasteiger partial charge in [-0.2, -0.15) is 0 Å². The van der Waals surface area contributed by atoms with Crippen LogP contribution in [0, 0.1) is 0 Å². The van der Waals surface area contributed by atoms with Crippen molar-refractivity contribution >= 4 is 20.6 Å². The molecule has 0 saturated carbocycles. The summed E-state index contributed by atoms with van der Waals surface area (Å²) in [6.07, 6.45) is 7.52. The zero-order valence-electron chi connectivity index (χ0n) is 8.51. The van der Waals surface area contributed by atoms with Crippen LogP contribution in [-0.4, -0.2) is 30.6 Å². The van der Waals surface area contributed by atoms with Crippen LogP contribution >= 0.6 is 0 Å². The van der Waals surface area contributed by atoms with Gasteiger partial charge in [0, 0.05) is 5.88 Å². The van der Waals surface area contributed by atoms with Crippen molar-refractivity contribution in [3.05, 3.63) is 0 Å². The lowest BCUT2D eigenvalue weighted by molar-refractivity contribution is 0.377. The number of rotatable bonds is 7. The van der Waals surface area contributed by atoms with E-state index < -0.39 is 0 Å². The van der Waals surface area contributed by atoms with Gasteiger partial charge in [0.25, 0.3) is 0 Å². The molecule has 0 amide bonds. The van der Waals surface area contributed by atoms with Gasteiger partial charge in [-0.15, -0.1) is 9.45 Å². The summed E-state index contributed by atoms with van der Waals surface area (Å²) in [5, 5.41) is 0. The van der Waals surface area contributed by atoms with Crippen molar-refractivity contribution in [3.63, 3.8) is 0 Å². The Balaban J connectivity index is 3.19. The summed E-state index contributed by atoms with van der Waals surface area (Å²) in [6.45, 7) is 3.46. The molecule has 0 rings (SSSR count). The van der Waals surface area contributed by atoms with E-state index in [-0.39, 0.29) is 9.45 Å². The molecule has 0 spiro atoms. The maximum absolute atomic E-state index is 5.14. The van der Waals surface area contributed by atoms with Crippen molar-refractivity contribution in [3.8, 4) is 0 Å². The van der Waals surface area contributed by atoms with Gasteiger partial charge in [0.1, 0.15) is 0 Å². The first kappa shape index (κ1) is 12.5. The van der Waals surface area contributed by atoms with E-state index in [1.165, 1.54) is 32.2 Å². The zero-order valence-corrected chi connectivity index (χ0v) is 10.1. The maximum Gasteiger partial charge on any atom is 0.0484 e. The topological polar surface area (TPSA) is 3.24 Å². The summed E-state index contributed by atoms with van der Waals surface area (Å²) in [6, 6.07) is 0. The van der Waals surface area contributed by atoms with E-state index >= 15 is 0 Å². The molecule has 0 aliphatic rings. The highest BCUT2D eigenvalue weighted by atomic mass is 32.8. The van der Waals surface area contributed by atoms with Crippen LogP contribution in [0.4, 0.5) is 0 Å². The molecule has 0 radical (unpaired) electrons. The third-order valence-electron chi connectivity index (χ3n) is 1.80. The van der Waals surface area contributed by atoms with Crippen LogP contribution in [0.5, 0.6) is 0 Å². The Morgan fingerprint density at radius 3 is 2.42 bits per heavy atom. The van der Waals surface area contributed by atoms with E-state index in [0.717, 1.165) is 5.88 Å². The SMILES string of the molecule is CCCCCCN(C)CS(C)=S. The highest BCUT2D eigenvalue weighted by Gasteiger charge is 1.97. The van der Waals surface area contributed by atoms with Gasteiger partial charge in [-0.05, 0) is 26.3 Å². The number of nitrogens with zero attached hydrogens (tertiary/aromatic N) is 1. The lowest BCUT2D eigenvalue weighted by atomic mass is 10.2. The van der Waals surface area contributed by atoms with Gasteiger partial charge in [0.15, 0.2) is 0 Å². The Morgan fingerprint density at radius 2 is 1.92 bits per heavy atom. The fraction of sp³-hybridized carbons (Fsp3) is 1.00. The average molecular weight is 207 g/mol. The summed E-state index contributed by atoms with van der Waals surface area (Å²) >= 11 is 5.14. The van der Waals surface area contributed by atoms with E-state index in [1.54, 1.807) is 0 Å². The summed E-state index contributed by atoms with van der Waals surface area (Å²) in [7, 11) is 2.32. The second-order valence-corrected chi connectivity index (χ2v) is 6.45. The molecule has 0 N–H and O–H groups in total. The standard InChI is InChI=1S/C9H21NS2/c1-4-5-6-7-8-10(2)9-12(3)11/h4-9H2,1-3H3. The molecule has 3 heteroatoms.